The molecular weight excluding hydrogens is 216 g/mol. The molecule has 0 amide bonds. The summed E-state index contributed by atoms with van der Waals surface area (Å²) in [6.45, 7) is 7.66. The van der Waals surface area contributed by atoms with Crippen LogP contribution in [0.2, 0.25) is 0 Å². The van der Waals surface area contributed by atoms with Crippen LogP contribution in [-0.4, -0.2) is 47.7 Å². The minimum absolute atomic E-state index is 0.273. The smallest absolute Gasteiger partial charge is 0.303 e. The highest BCUT2D eigenvalue weighted by Crippen LogP contribution is 2.14. The number of piperidine rings is 1. The van der Waals surface area contributed by atoms with E-state index >= 15 is 0 Å². The second kappa shape index (κ2) is 7.67. The van der Waals surface area contributed by atoms with E-state index in [-0.39, 0.29) is 6.42 Å². The van der Waals surface area contributed by atoms with Crippen molar-refractivity contribution in [3.63, 3.8) is 0 Å². The van der Waals surface area contributed by atoms with E-state index < -0.39 is 5.97 Å². The van der Waals surface area contributed by atoms with E-state index in [1.807, 2.05) is 0 Å². The van der Waals surface area contributed by atoms with Crippen molar-refractivity contribution in [1.82, 2.24) is 10.2 Å². The van der Waals surface area contributed by atoms with Crippen LogP contribution in [-0.2, 0) is 4.79 Å². The molecule has 0 aliphatic carbocycles. The van der Waals surface area contributed by atoms with E-state index in [9.17, 15) is 4.79 Å². The molecule has 1 saturated heterocycles. The van der Waals surface area contributed by atoms with Gasteiger partial charge in [-0.2, -0.15) is 0 Å². The van der Waals surface area contributed by atoms with Gasteiger partial charge in [-0.05, 0) is 45.7 Å². The van der Waals surface area contributed by atoms with Crippen LogP contribution >= 0.6 is 0 Å². The van der Waals surface area contributed by atoms with Gasteiger partial charge in [-0.25, -0.2) is 0 Å². The van der Waals surface area contributed by atoms with Crippen LogP contribution in [0.25, 0.3) is 0 Å². The number of carboxylic acid groups (broad SMARTS) is 1. The van der Waals surface area contributed by atoms with Gasteiger partial charge in [-0.3, -0.25) is 9.69 Å². The van der Waals surface area contributed by atoms with Gasteiger partial charge in [-0.1, -0.05) is 6.92 Å². The molecule has 1 heterocycles. The summed E-state index contributed by atoms with van der Waals surface area (Å²) >= 11 is 0. The Morgan fingerprint density at radius 1 is 1.59 bits per heavy atom. The molecule has 4 heteroatoms. The van der Waals surface area contributed by atoms with Gasteiger partial charge in [0.05, 0.1) is 0 Å². The molecule has 1 aliphatic rings. The molecule has 0 aromatic heterocycles. The standard InChI is InChI=1S/C13H26N2O2/c1-3-11(2)15-9-5-6-12(10-15)14-8-4-7-13(16)17/h11-12,14H,3-10H2,1-2H3,(H,16,17). The molecule has 2 N–H and O–H groups in total. The maximum atomic E-state index is 10.4. The SMILES string of the molecule is CCC(C)N1CCCC(NCCCC(=O)O)C1. The lowest BCUT2D eigenvalue weighted by molar-refractivity contribution is -0.137. The molecule has 0 aromatic rings. The van der Waals surface area contributed by atoms with Gasteiger partial charge in [0.15, 0.2) is 0 Å². The minimum atomic E-state index is -0.698. The summed E-state index contributed by atoms with van der Waals surface area (Å²) in [5.74, 6) is -0.698. The van der Waals surface area contributed by atoms with Crippen molar-refractivity contribution in [2.24, 2.45) is 0 Å². The second-order valence-corrected chi connectivity index (χ2v) is 5.04. The average molecular weight is 242 g/mol. The molecule has 1 aliphatic heterocycles. The Morgan fingerprint density at radius 2 is 2.35 bits per heavy atom. The first-order chi connectivity index (χ1) is 8.13. The van der Waals surface area contributed by atoms with Gasteiger partial charge in [0.1, 0.15) is 0 Å². The third-order valence-corrected chi connectivity index (χ3v) is 3.67. The number of aliphatic carboxylic acids is 1. The molecule has 0 saturated carbocycles. The predicted molar refractivity (Wildman–Crippen MR) is 69.2 cm³/mol. The van der Waals surface area contributed by atoms with Crippen LogP contribution in [0.5, 0.6) is 0 Å². The van der Waals surface area contributed by atoms with Crippen molar-refractivity contribution in [1.29, 1.82) is 0 Å². The first-order valence-electron chi connectivity index (χ1n) is 6.82. The zero-order valence-corrected chi connectivity index (χ0v) is 11.1. The van der Waals surface area contributed by atoms with E-state index in [1.165, 1.54) is 25.8 Å². The van der Waals surface area contributed by atoms with E-state index in [4.69, 9.17) is 5.11 Å². The third kappa shape index (κ3) is 5.50. The van der Waals surface area contributed by atoms with Gasteiger partial charge >= 0.3 is 5.97 Å². The number of carboxylic acids is 1. The molecule has 2 unspecified atom stereocenters. The van der Waals surface area contributed by atoms with Crippen molar-refractivity contribution >= 4 is 5.97 Å². The normalized spacial score (nSPS) is 23.5. The third-order valence-electron chi connectivity index (χ3n) is 3.67. The van der Waals surface area contributed by atoms with Crippen LogP contribution in [0, 0.1) is 0 Å². The number of hydrogen-bond acceptors (Lipinski definition) is 3. The Bertz CT molecular complexity index is 233. The molecule has 17 heavy (non-hydrogen) atoms. The number of nitrogens with zero attached hydrogens (tertiary/aromatic N) is 1. The molecule has 100 valence electrons. The number of hydrogen-bond donors (Lipinski definition) is 2. The number of rotatable bonds is 7. The summed E-state index contributed by atoms with van der Waals surface area (Å²) in [4.78, 5) is 12.9. The fourth-order valence-electron chi connectivity index (χ4n) is 2.38. The van der Waals surface area contributed by atoms with Crippen LogP contribution in [0.15, 0.2) is 0 Å². The number of nitrogens with one attached hydrogen (secondary N) is 1. The average Bonchev–Trinajstić information content (AvgIpc) is 2.34. The first-order valence-corrected chi connectivity index (χ1v) is 6.82. The summed E-state index contributed by atoms with van der Waals surface area (Å²) < 4.78 is 0. The quantitative estimate of drug-likeness (QED) is 0.667. The zero-order chi connectivity index (χ0) is 12.7. The van der Waals surface area contributed by atoms with Gasteiger partial charge < -0.3 is 10.4 Å². The zero-order valence-electron chi connectivity index (χ0n) is 11.1. The Hall–Kier alpha value is -0.610. The van der Waals surface area contributed by atoms with E-state index in [0.29, 0.717) is 12.1 Å². The van der Waals surface area contributed by atoms with Gasteiger partial charge in [0, 0.05) is 25.0 Å². The van der Waals surface area contributed by atoms with Crippen LogP contribution in [0.1, 0.15) is 46.0 Å². The largest absolute Gasteiger partial charge is 0.481 e. The summed E-state index contributed by atoms with van der Waals surface area (Å²) in [6, 6.07) is 1.21. The molecule has 2 atom stereocenters. The van der Waals surface area contributed by atoms with Crippen LogP contribution < -0.4 is 5.32 Å². The van der Waals surface area contributed by atoms with Crippen LogP contribution in [0.3, 0.4) is 0 Å². The lowest BCUT2D eigenvalue weighted by Crippen LogP contribution is -2.48. The molecule has 1 rings (SSSR count). The van der Waals surface area contributed by atoms with Gasteiger partial charge in [0.25, 0.3) is 0 Å². The fourth-order valence-corrected chi connectivity index (χ4v) is 2.38. The minimum Gasteiger partial charge on any atom is -0.481 e. The lowest BCUT2D eigenvalue weighted by Gasteiger charge is -2.37. The Morgan fingerprint density at radius 3 is 3.00 bits per heavy atom. The lowest BCUT2D eigenvalue weighted by atomic mass is 10.0. The number of likely N-dealkylation sites (tertiary alicyclic amines) is 1. The molecule has 1 fully saturated rings. The van der Waals surface area contributed by atoms with E-state index in [1.54, 1.807) is 0 Å². The van der Waals surface area contributed by atoms with Crippen molar-refractivity contribution < 1.29 is 9.90 Å². The highest BCUT2D eigenvalue weighted by molar-refractivity contribution is 5.66. The molecule has 0 aromatic carbocycles. The van der Waals surface area contributed by atoms with E-state index in [2.05, 4.69) is 24.1 Å². The number of carbonyl (C=O) groups is 1. The predicted octanol–water partition coefficient (Wildman–Crippen LogP) is 1.70. The topological polar surface area (TPSA) is 52.6 Å². The van der Waals surface area contributed by atoms with Crippen molar-refractivity contribution in [3.8, 4) is 0 Å². The fraction of sp³-hybridized carbons (Fsp3) is 0.923. The van der Waals surface area contributed by atoms with Gasteiger partial charge in [-0.15, -0.1) is 0 Å². The summed E-state index contributed by atoms with van der Waals surface area (Å²) in [5.41, 5.74) is 0. The summed E-state index contributed by atoms with van der Waals surface area (Å²) in [7, 11) is 0. The highest BCUT2D eigenvalue weighted by atomic mass is 16.4. The van der Waals surface area contributed by atoms with Crippen molar-refractivity contribution in [2.45, 2.75) is 58.0 Å². The van der Waals surface area contributed by atoms with Crippen molar-refractivity contribution in [2.75, 3.05) is 19.6 Å². The molecular formula is C13H26N2O2. The summed E-state index contributed by atoms with van der Waals surface area (Å²) in [6.07, 6.45) is 4.68. The molecule has 0 bridgehead atoms. The Balaban J connectivity index is 2.18. The molecule has 4 nitrogen and oxygen atoms in total. The van der Waals surface area contributed by atoms with E-state index in [0.717, 1.165) is 19.5 Å². The maximum Gasteiger partial charge on any atom is 0.303 e. The van der Waals surface area contributed by atoms with Crippen molar-refractivity contribution in [3.05, 3.63) is 0 Å². The second-order valence-electron chi connectivity index (χ2n) is 5.04. The highest BCUT2D eigenvalue weighted by Gasteiger charge is 2.21. The van der Waals surface area contributed by atoms with Crippen LogP contribution in [0.4, 0.5) is 0 Å². The Kier molecular flexibility index (Phi) is 6.52. The molecule has 0 radical (unpaired) electrons. The first kappa shape index (κ1) is 14.5. The molecule has 0 spiro atoms. The maximum absolute atomic E-state index is 10.4. The summed E-state index contributed by atoms with van der Waals surface area (Å²) in [5, 5.41) is 12.0. The Labute approximate surface area is 104 Å². The van der Waals surface area contributed by atoms with Gasteiger partial charge in [0.2, 0.25) is 0 Å². The monoisotopic (exact) mass is 242 g/mol.